The average Bonchev–Trinajstić information content (AvgIpc) is 3.29. The molecule has 1 aliphatic heterocycles. The number of aromatic nitrogens is 1. The number of benzene rings is 1. The van der Waals surface area contributed by atoms with Gasteiger partial charge < -0.3 is 26.0 Å². The molecule has 0 radical (unpaired) electrons. The SMILES string of the molecule is O=C(O)CNC(=O)C(Cc1c[nH]c2ccccc12)NC(=O)C1CCCN1. The van der Waals surface area contributed by atoms with Crippen molar-refractivity contribution in [2.45, 2.75) is 31.3 Å². The molecule has 3 rings (SSSR count). The molecular formula is C18H22N4O4. The number of H-pyrrole nitrogens is 1. The van der Waals surface area contributed by atoms with Crippen LogP contribution in [0.1, 0.15) is 18.4 Å². The molecule has 1 saturated heterocycles. The first kappa shape index (κ1) is 17.9. The van der Waals surface area contributed by atoms with Gasteiger partial charge in [0.15, 0.2) is 0 Å². The maximum Gasteiger partial charge on any atom is 0.322 e. The number of carboxylic acids is 1. The normalized spacial score (nSPS) is 17.8. The number of para-hydroxylation sites is 1. The third kappa shape index (κ3) is 4.20. The molecule has 2 unspecified atom stereocenters. The number of carbonyl (C=O) groups excluding carboxylic acids is 2. The number of hydrogen-bond acceptors (Lipinski definition) is 4. The van der Waals surface area contributed by atoms with Crippen LogP contribution < -0.4 is 16.0 Å². The van der Waals surface area contributed by atoms with E-state index in [2.05, 4.69) is 20.9 Å². The molecule has 2 aromatic rings. The van der Waals surface area contributed by atoms with Crippen molar-refractivity contribution in [3.8, 4) is 0 Å². The fourth-order valence-corrected chi connectivity index (χ4v) is 3.20. The van der Waals surface area contributed by atoms with Crippen LogP contribution in [0.15, 0.2) is 30.5 Å². The molecule has 0 aliphatic carbocycles. The first-order chi connectivity index (χ1) is 12.5. The Morgan fingerprint density at radius 2 is 2.08 bits per heavy atom. The summed E-state index contributed by atoms with van der Waals surface area (Å²) in [4.78, 5) is 38.7. The van der Waals surface area contributed by atoms with E-state index in [0.717, 1.165) is 35.9 Å². The van der Waals surface area contributed by atoms with E-state index in [-0.39, 0.29) is 18.4 Å². The van der Waals surface area contributed by atoms with Crippen LogP contribution in [-0.2, 0) is 20.8 Å². The van der Waals surface area contributed by atoms with Gasteiger partial charge in [-0.25, -0.2) is 0 Å². The van der Waals surface area contributed by atoms with Gasteiger partial charge in [0.05, 0.1) is 6.04 Å². The maximum atomic E-state index is 12.4. The standard InChI is InChI=1S/C18H22N4O4/c23-16(24)10-21-17(25)15(22-18(26)14-6-3-7-19-14)8-11-9-20-13-5-2-1-4-12(11)13/h1-2,4-5,9,14-15,19-20H,3,6-8,10H2,(H,21,25)(H,22,26)(H,23,24). The molecule has 26 heavy (non-hydrogen) atoms. The van der Waals surface area contributed by atoms with E-state index in [1.54, 1.807) is 0 Å². The molecule has 0 bridgehead atoms. The quantitative estimate of drug-likeness (QED) is 0.482. The summed E-state index contributed by atoms with van der Waals surface area (Å²) in [6.45, 7) is 0.289. The molecule has 0 saturated carbocycles. The Morgan fingerprint density at radius 1 is 1.27 bits per heavy atom. The van der Waals surface area contributed by atoms with Gasteiger partial charge in [0, 0.05) is 23.5 Å². The number of amides is 2. The number of fused-ring (bicyclic) bond motifs is 1. The third-order valence-electron chi connectivity index (χ3n) is 4.52. The van der Waals surface area contributed by atoms with E-state index in [1.807, 2.05) is 30.5 Å². The lowest BCUT2D eigenvalue weighted by molar-refractivity contribution is -0.138. The van der Waals surface area contributed by atoms with Gasteiger partial charge in [0.1, 0.15) is 12.6 Å². The highest BCUT2D eigenvalue weighted by atomic mass is 16.4. The maximum absolute atomic E-state index is 12.4. The van der Waals surface area contributed by atoms with Gasteiger partial charge in [-0.15, -0.1) is 0 Å². The predicted molar refractivity (Wildman–Crippen MR) is 95.6 cm³/mol. The second kappa shape index (κ2) is 8.01. The molecule has 8 heteroatoms. The lowest BCUT2D eigenvalue weighted by Crippen LogP contribution is -2.53. The Hall–Kier alpha value is -2.87. The minimum atomic E-state index is -1.13. The molecule has 1 aromatic carbocycles. The average molecular weight is 358 g/mol. The van der Waals surface area contributed by atoms with Gasteiger partial charge in [-0.05, 0) is 31.0 Å². The smallest absolute Gasteiger partial charge is 0.322 e. The molecular weight excluding hydrogens is 336 g/mol. The molecule has 1 fully saturated rings. The molecule has 8 nitrogen and oxygen atoms in total. The molecule has 2 heterocycles. The number of aliphatic carboxylic acids is 1. The van der Waals surface area contributed by atoms with Crippen LogP contribution in [0.25, 0.3) is 10.9 Å². The first-order valence-corrected chi connectivity index (χ1v) is 8.63. The van der Waals surface area contributed by atoms with Crippen LogP contribution in [0.3, 0.4) is 0 Å². The van der Waals surface area contributed by atoms with Gasteiger partial charge in [-0.3, -0.25) is 14.4 Å². The van der Waals surface area contributed by atoms with E-state index < -0.39 is 24.5 Å². The summed E-state index contributed by atoms with van der Waals surface area (Å²) in [6, 6.07) is 6.52. The minimum Gasteiger partial charge on any atom is -0.480 e. The fraction of sp³-hybridized carbons (Fsp3) is 0.389. The lowest BCUT2D eigenvalue weighted by Gasteiger charge is -2.20. The van der Waals surface area contributed by atoms with Crippen molar-refractivity contribution < 1.29 is 19.5 Å². The molecule has 138 valence electrons. The van der Waals surface area contributed by atoms with Crippen LogP contribution in [-0.4, -0.2) is 53.0 Å². The summed E-state index contributed by atoms with van der Waals surface area (Å²) in [7, 11) is 0. The Kier molecular flexibility index (Phi) is 5.52. The molecule has 2 amide bonds. The number of nitrogens with one attached hydrogen (secondary N) is 4. The van der Waals surface area contributed by atoms with Crippen LogP contribution in [0.4, 0.5) is 0 Å². The van der Waals surface area contributed by atoms with Gasteiger partial charge in [0.25, 0.3) is 0 Å². The monoisotopic (exact) mass is 358 g/mol. The zero-order chi connectivity index (χ0) is 18.5. The zero-order valence-corrected chi connectivity index (χ0v) is 14.2. The van der Waals surface area contributed by atoms with Crippen molar-refractivity contribution in [3.63, 3.8) is 0 Å². The minimum absolute atomic E-state index is 0.238. The Labute approximate surface area is 150 Å². The van der Waals surface area contributed by atoms with Gasteiger partial charge in [-0.2, -0.15) is 0 Å². The van der Waals surface area contributed by atoms with E-state index >= 15 is 0 Å². The fourth-order valence-electron chi connectivity index (χ4n) is 3.20. The first-order valence-electron chi connectivity index (χ1n) is 8.63. The number of rotatable bonds is 7. The highest BCUT2D eigenvalue weighted by molar-refractivity contribution is 5.92. The van der Waals surface area contributed by atoms with Crippen LogP contribution in [0, 0.1) is 0 Å². The highest BCUT2D eigenvalue weighted by Gasteiger charge is 2.28. The summed E-state index contributed by atoms with van der Waals surface area (Å²) in [6.07, 6.45) is 3.72. The van der Waals surface area contributed by atoms with Gasteiger partial charge >= 0.3 is 5.97 Å². The van der Waals surface area contributed by atoms with E-state index in [9.17, 15) is 14.4 Å². The number of carbonyl (C=O) groups is 3. The highest BCUT2D eigenvalue weighted by Crippen LogP contribution is 2.19. The van der Waals surface area contributed by atoms with Crippen LogP contribution in [0.2, 0.25) is 0 Å². The van der Waals surface area contributed by atoms with E-state index in [0.29, 0.717) is 0 Å². The molecule has 5 N–H and O–H groups in total. The second-order valence-electron chi connectivity index (χ2n) is 6.39. The third-order valence-corrected chi connectivity index (χ3v) is 4.52. The topological polar surface area (TPSA) is 123 Å². The number of aromatic amines is 1. The number of carboxylic acid groups (broad SMARTS) is 1. The van der Waals surface area contributed by atoms with Crippen molar-refractivity contribution >= 4 is 28.7 Å². The summed E-state index contributed by atoms with van der Waals surface area (Å²) in [5, 5.41) is 18.0. The van der Waals surface area contributed by atoms with Gasteiger partial charge in [0.2, 0.25) is 11.8 Å². The van der Waals surface area contributed by atoms with Crippen molar-refractivity contribution in [2.75, 3.05) is 13.1 Å². The number of hydrogen-bond donors (Lipinski definition) is 5. The summed E-state index contributed by atoms with van der Waals surface area (Å²) < 4.78 is 0. The largest absolute Gasteiger partial charge is 0.480 e. The molecule has 1 aromatic heterocycles. The van der Waals surface area contributed by atoms with Gasteiger partial charge in [-0.1, -0.05) is 18.2 Å². The molecule has 2 atom stereocenters. The predicted octanol–water partition coefficient (Wildman–Crippen LogP) is 0.148. The summed E-state index contributed by atoms with van der Waals surface area (Å²) in [5.74, 6) is -1.88. The van der Waals surface area contributed by atoms with Crippen molar-refractivity contribution in [1.82, 2.24) is 20.9 Å². The lowest BCUT2D eigenvalue weighted by atomic mass is 10.0. The van der Waals surface area contributed by atoms with Crippen molar-refractivity contribution in [1.29, 1.82) is 0 Å². The van der Waals surface area contributed by atoms with Crippen molar-refractivity contribution in [3.05, 3.63) is 36.0 Å². The second-order valence-corrected chi connectivity index (χ2v) is 6.39. The van der Waals surface area contributed by atoms with Crippen LogP contribution in [0.5, 0.6) is 0 Å². The Bertz CT molecular complexity index is 810. The molecule has 1 aliphatic rings. The zero-order valence-electron chi connectivity index (χ0n) is 14.2. The van der Waals surface area contributed by atoms with Crippen molar-refractivity contribution in [2.24, 2.45) is 0 Å². The Balaban J connectivity index is 1.76. The van der Waals surface area contributed by atoms with E-state index in [4.69, 9.17) is 5.11 Å². The Morgan fingerprint density at radius 3 is 2.81 bits per heavy atom. The van der Waals surface area contributed by atoms with E-state index in [1.165, 1.54) is 0 Å². The van der Waals surface area contributed by atoms with Crippen LogP contribution >= 0.6 is 0 Å². The summed E-state index contributed by atoms with van der Waals surface area (Å²) in [5.41, 5.74) is 1.83. The molecule has 0 spiro atoms. The summed E-state index contributed by atoms with van der Waals surface area (Å²) >= 11 is 0.